The monoisotopic (exact) mass is 170 g/mol. The van der Waals surface area contributed by atoms with E-state index in [1.807, 2.05) is 0 Å². The van der Waals surface area contributed by atoms with Crippen LogP contribution >= 0.6 is 0 Å². The van der Waals surface area contributed by atoms with E-state index in [0.29, 0.717) is 6.42 Å². The summed E-state index contributed by atoms with van der Waals surface area (Å²) in [6.45, 7) is 0. The fraction of sp³-hybridized carbons (Fsp3) is 0.889. The number of hydrogen-bond donors (Lipinski definition) is 2. The molecule has 1 fully saturated rings. The fourth-order valence-electron chi connectivity index (χ4n) is 1.57. The molecule has 0 aliphatic heterocycles. The molecule has 3 N–H and O–H groups in total. The van der Waals surface area contributed by atoms with Crippen molar-refractivity contribution in [2.45, 2.75) is 44.9 Å². The maximum absolute atomic E-state index is 10.7. The molecular weight excluding hydrogens is 152 g/mol. The van der Waals surface area contributed by atoms with Crippen molar-refractivity contribution >= 4 is 5.91 Å². The molecule has 1 aliphatic rings. The summed E-state index contributed by atoms with van der Waals surface area (Å²) in [7, 11) is 0. The molecule has 0 heterocycles. The molecule has 0 spiro atoms. The average Bonchev–Trinajstić information content (AvgIpc) is 2.00. The van der Waals surface area contributed by atoms with Crippen LogP contribution in [0.3, 0.4) is 0 Å². The Bertz CT molecular complexity index is 143. The van der Waals surface area contributed by atoms with E-state index >= 15 is 0 Å². The van der Waals surface area contributed by atoms with Crippen molar-refractivity contribution in [3.05, 3.63) is 0 Å². The largest absolute Gasteiger partial charge is 0.294 e. The molecule has 0 aromatic carbocycles. The van der Waals surface area contributed by atoms with Crippen LogP contribution in [0, 0.1) is 5.92 Å². The van der Waals surface area contributed by atoms with Crippen molar-refractivity contribution in [2.75, 3.05) is 0 Å². The van der Waals surface area contributed by atoms with Crippen LogP contribution in [0.25, 0.3) is 0 Å². The lowest BCUT2D eigenvalue weighted by Crippen LogP contribution is -2.29. The molecule has 0 bridgehead atoms. The Morgan fingerprint density at radius 3 is 2.67 bits per heavy atom. The van der Waals surface area contributed by atoms with E-state index in [4.69, 9.17) is 5.84 Å². The summed E-state index contributed by atoms with van der Waals surface area (Å²) in [5, 5.41) is 0. The van der Waals surface area contributed by atoms with Gasteiger partial charge in [-0.15, -0.1) is 0 Å². The van der Waals surface area contributed by atoms with Gasteiger partial charge in [0.1, 0.15) is 0 Å². The number of carbonyl (C=O) groups is 1. The lowest BCUT2D eigenvalue weighted by Gasteiger charge is -2.24. The van der Waals surface area contributed by atoms with Crippen LogP contribution in [0.15, 0.2) is 0 Å². The van der Waals surface area contributed by atoms with Crippen molar-refractivity contribution in [1.29, 1.82) is 0 Å². The molecule has 1 aliphatic carbocycles. The molecular formula is C9H18N2O. The highest BCUT2D eigenvalue weighted by Gasteiger charge is 2.16. The summed E-state index contributed by atoms with van der Waals surface area (Å²) in [5.74, 6) is 5.88. The molecule has 0 radical (unpaired) electrons. The molecule has 12 heavy (non-hydrogen) atoms. The first-order valence-electron chi connectivity index (χ1n) is 4.82. The van der Waals surface area contributed by atoms with Gasteiger partial charge in [0, 0.05) is 6.42 Å². The second kappa shape index (κ2) is 5.14. The maximum Gasteiger partial charge on any atom is 0.233 e. The lowest BCUT2D eigenvalue weighted by atomic mass is 9.82. The minimum Gasteiger partial charge on any atom is -0.294 e. The predicted molar refractivity (Wildman–Crippen MR) is 48.1 cm³/mol. The number of carbonyl (C=O) groups excluding carboxylic acids is 1. The highest BCUT2D eigenvalue weighted by Crippen LogP contribution is 2.30. The first kappa shape index (κ1) is 9.52. The lowest BCUT2D eigenvalue weighted by molar-refractivity contribution is -0.121. The first-order valence-corrected chi connectivity index (χ1v) is 4.82. The number of hydrazine groups is 1. The number of nitrogens with two attached hydrogens (primary N) is 1. The summed E-state index contributed by atoms with van der Waals surface area (Å²) in [6.07, 6.45) is 8.28. The Hall–Kier alpha value is -0.570. The maximum atomic E-state index is 10.7. The molecule has 3 heteroatoms. The molecule has 0 aromatic heterocycles. The van der Waals surface area contributed by atoms with E-state index in [1.165, 1.54) is 32.1 Å². The van der Waals surface area contributed by atoms with Gasteiger partial charge in [-0.05, 0) is 12.3 Å². The van der Waals surface area contributed by atoms with Crippen molar-refractivity contribution in [3.8, 4) is 0 Å². The summed E-state index contributed by atoms with van der Waals surface area (Å²) in [5.41, 5.74) is 2.14. The predicted octanol–water partition coefficient (Wildman–Crippen LogP) is 1.34. The molecule has 1 amide bonds. The SMILES string of the molecule is NNC(=O)CCCCC1CCC1. The molecule has 1 rings (SSSR count). The Morgan fingerprint density at radius 2 is 2.17 bits per heavy atom. The smallest absolute Gasteiger partial charge is 0.233 e. The van der Waals surface area contributed by atoms with E-state index in [-0.39, 0.29) is 5.91 Å². The quantitative estimate of drug-likeness (QED) is 0.283. The zero-order valence-corrected chi connectivity index (χ0v) is 7.51. The summed E-state index contributed by atoms with van der Waals surface area (Å²) in [4.78, 5) is 10.7. The first-order chi connectivity index (χ1) is 5.83. The van der Waals surface area contributed by atoms with Crippen molar-refractivity contribution in [2.24, 2.45) is 11.8 Å². The minimum atomic E-state index is -0.0383. The van der Waals surface area contributed by atoms with Gasteiger partial charge < -0.3 is 0 Å². The summed E-state index contributed by atoms with van der Waals surface area (Å²) < 4.78 is 0. The van der Waals surface area contributed by atoms with Gasteiger partial charge in [-0.1, -0.05) is 32.1 Å². The van der Waals surface area contributed by atoms with Crippen LogP contribution in [0.2, 0.25) is 0 Å². The van der Waals surface area contributed by atoms with E-state index in [9.17, 15) is 4.79 Å². The zero-order valence-electron chi connectivity index (χ0n) is 7.51. The second-order valence-electron chi connectivity index (χ2n) is 3.61. The van der Waals surface area contributed by atoms with Crippen molar-refractivity contribution < 1.29 is 4.79 Å². The summed E-state index contributed by atoms with van der Waals surface area (Å²) in [6, 6.07) is 0. The molecule has 0 saturated heterocycles. The van der Waals surface area contributed by atoms with Gasteiger partial charge in [0.25, 0.3) is 0 Å². The number of unbranched alkanes of at least 4 members (excludes halogenated alkanes) is 1. The van der Waals surface area contributed by atoms with Crippen LogP contribution in [-0.4, -0.2) is 5.91 Å². The van der Waals surface area contributed by atoms with Crippen LogP contribution in [0.4, 0.5) is 0 Å². The number of rotatable bonds is 5. The summed E-state index contributed by atoms with van der Waals surface area (Å²) >= 11 is 0. The van der Waals surface area contributed by atoms with Crippen LogP contribution in [-0.2, 0) is 4.79 Å². The molecule has 70 valence electrons. The zero-order chi connectivity index (χ0) is 8.81. The number of nitrogens with one attached hydrogen (secondary N) is 1. The molecule has 0 atom stereocenters. The molecule has 3 nitrogen and oxygen atoms in total. The van der Waals surface area contributed by atoms with Gasteiger partial charge in [0.05, 0.1) is 0 Å². The molecule has 0 aromatic rings. The van der Waals surface area contributed by atoms with Crippen molar-refractivity contribution in [1.82, 2.24) is 5.43 Å². The highest BCUT2D eigenvalue weighted by atomic mass is 16.2. The van der Waals surface area contributed by atoms with Crippen LogP contribution in [0.5, 0.6) is 0 Å². The Kier molecular flexibility index (Phi) is 4.08. The topological polar surface area (TPSA) is 55.1 Å². The van der Waals surface area contributed by atoms with Crippen LogP contribution < -0.4 is 11.3 Å². The van der Waals surface area contributed by atoms with Gasteiger partial charge in [-0.25, -0.2) is 5.84 Å². The third kappa shape index (κ3) is 3.22. The fourth-order valence-corrected chi connectivity index (χ4v) is 1.57. The van der Waals surface area contributed by atoms with E-state index < -0.39 is 0 Å². The van der Waals surface area contributed by atoms with Gasteiger partial charge >= 0.3 is 0 Å². The highest BCUT2D eigenvalue weighted by molar-refractivity contribution is 5.74. The Balaban J connectivity index is 1.85. The minimum absolute atomic E-state index is 0.0383. The normalized spacial score (nSPS) is 17.1. The molecule has 1 saturated carbocycles. The third-order valence-electron chi connectivity index (χ3n) is 2.65. The Labute approximate surface area is 73.7 Å². The second-order valence-corrected chi connectivity index (χ2v) is 3.61. The van der Waals surface area contributed by atoms with Crippen LogP contribution in [0.1, 0.15) is 44.9 Å². The molecule has 0 unspecified atom stereocenters. The van der Waals surface area contributed by atoms with Gasteiger partial charge in [-0.2, -0.15) is 0 Å². The van der Waals surface area contributed by atoms with E-state index in [1.54, 1.807) is 0 Å². The average molecular weight is 170 g/mol. The third-order valence-corrected chi connectivity index (χ3v) is 2.65. The van der Waals surface area contributed by atoms with E-state index in [2.05, 4.69) is 5.43 Å². The Morgan fingerprint density at radius 1 is 1.42 bits per heavy atom. The standard InChI is InChI=1S/C9H18N2O/c10-11-9(12)7-2-1-4-8-5-3-6-8/h8H,1-7,10H2,(H,11,12). The van der Waals surface area contributed by atoms with Crippen molar-refractivity contribution in [3.63, 3.8) is 0 Å². The van der Waals surface area contributed by atoms with E-state index in [0.717, 1.165) is 12.3 Å². The van der Waals surface area contributed by atoms with Gasteiger partial charge in [0.15, 0.2) is 0 Å². The number of amides is 1. The van der Waals surface area contributed by atoms with Gasteiger partial charge in [-0.3, -0.25) is 10.2 Å². The van der Waals surface area contributed by atoms with Gasteiger partial charge in [0.2, 0.25) is 5.91 Å². The number of hydrogen-bond acceptors (Lipinski definition) is 2.